The van der Waals surface area contributed by atoms with E-state index in [2.05, 4.69) is 9.88 Å². The van der Waals surface area contributed by atoms with Crippen LogP contribution in [0.15, 0.2) is 0 Å². The third kappa shape index (κ3) is 88.9. The first-order valence-corrected chi connectivity index (χ1v) is 13.5. The van der Waals surface area contributed by atoms with Crippen LogP contribution in [0.2, 0.25) is 9.88 Å². The van der Waals surface area contributed by atoms with Crippen molar-refractivity contribution >= 4 is 70.8 Å². The second-order valence-electron chi connectivity index (χ2n) is 0.929. The first-order valence-electron chi connectivity index (χ1n) is 1.76. The van der Waals surface area contributed by atoms with Crippen LogP contribution in [0, 0.1) is 0 Å². The topological polar surface area (TPSA) is 0 Å². The molecule has 0 unspecified atom stereocenters. The van der Waals surface area contributed by atoms with Crippen molar-refractivity contribution in [3.8, 4) is 0 Å². The van der Waals surface area contributed by atoms with Gasteiger partial charge in [0.1, 0.15) is 0 Å². The van der Waals surface area contributed by atoms with Crippen molar-refractivity contribution in [2.75, 3.05) is 0 Å². The minimum absolute atomic E-state index is 0.230. The third-order valence-corrected chi connectivity index (χ3v) is 0. The molecule has 0 nitrogen and oxygen atoms in total. The van der Waals surface area contributed by atoms with E-state index in [1.807, 2.05) is 0 Å². The number of halogens is 4. The summed E-state index contributed by atoms with van der Waals surface area (Å²) in [5.74, 6) is 0. The van der Waals surface area contributed by atoms with E-state index in [9.17, 15) is 0 Å². The van der Waals surface area contributed by atoms with Crippen molar-refractivity contribution < 1.29 is 0 Å². The van der Waals surface area contributed by atoms with Crippen molar-refractivity contribution in [1.82, 2.24) is 0 Å². The summed E-state index contributed by atoms with van der Waals surface area (Å²) < 4.78 is 0. The molecule has 50 valence electrons. The normalized spacial score (nSPS) is 9.75. The van der Waals surface area contributed by atoms with Gasteiger partial charge in [-0.2, -0.15) is 0 Å². The van der Waals surface area contributed by atoms with Crippen LogP contribution in [-0.2, 0) is 0 Å². The molecule has 0 amide bonds. The Kier molecular flexibility index (Phi) is 11.7. The molecule has 0 saturated carbocycles. The predicted octanol–water partition coefficient (Wildman–Crippen LogP) is 3.16. The Hall–Kier alpha value is 2.18. The van der Waals surface area contributed by atoms with Gasteiger partial charge in [-0.3, -0.25) is 0 Å². The molecule has 0 aliphatic rings. The Balaban J connectivity index is 0. The van der Waals surface area contributed by atoms with Crippen molar-refractivity contribution in [1.29, 1.82) is 0 Å². The Morgan fingerprint density at radius 1 is 1.00 bits per heavy atom. The monoisotopic (exact) mass is 318 g/mol. The summed E-state index contributed by atoms with van der Waals surface area (Å²) in [6, 6.07) is 0. The maximum absolute atomic E-state index is 4.97. The number of hydrogen-bond acceptors (Lipinski definition) is 0. The Bertz CT molecular complexity index is 37.8. The van der Waals surface area contributed by atoms with Gasteiger partial charge in [0.05, 0.1) is 0 Å². The number of hydrogen-bond donors (Lipinski definition) is 0. The van der Waals surface area contributed by atoms with Gasteiger partial charge in [0, 0.05) is 0 Å². The third-order valence-electron chi connectivity index (χ3n) is 0. The molecule has 0 rings (SSSR count). The molecular formula is C2H6Cl4SiSn. The van der Waals surface area contributed by atoms with Gasteiger partial charge in [-0.05, 0) is 0 Å². The van der Waals surface area contributed by atoms with E-state index >= 15 is 0 Å². The molecule has 0 spiro atoms. The summed E-state index contributed by atoms with van der Waals surface area (Å²) in [6.45, 7) is 0. The van der Waals surface area contributed by atoms with Gasteiger partial charge in [-0.15, -0.1) is 44.3 Å². The zero-order valence-corrected chi connectivity index (χ0v) is 11.4. The van der Waals surface area contributed by atoms with E-state index < -0.39 is 5.31 Å². The molecule has 0 aromatic carbocycles. The minimum atomic E-state index is -2.72. The van der Waals surface area contributed by atoms with E-state index in [4.69, 9.17) is 44.3 Å². The summed E-state index contributed by atoms with van der Waals surface area (Å²) in [5, 5.41) is -2.72. The van der Waals surface area contributed by atoms with E-state index in [0.29, 0.717) is 0 Å². The van der Waals surface area contributed by atoms with Gasteiger partial charge in [-0.25, -0.2) is 0 Å². The molecule has 0 atom stereocenters. The molecular weight excluding hydrogens is 313 g/mol. The molecule has 0 aromatic rings. The summed E-state index contributed by atoms with van der Waals surface area (Å²) >= 11 is 20.1. The molecule has 0 aliphatic heterocycles. The van der Waals surface area contributed by atoms with Crippen LogP contribution < -0.4 is 0 Å². The fourth-order valence-electron chi connectivity index (χ4n) is 0. The van der Waals surface area contributed by atoms with E-state index in [0.717, 1.165) is 0 Å². The zero-order valence-electron chi connectivity index (χ0n) is 4.51. The van der Waals surface area contributed by atoms with Crippen molar-refractivity contribution in [2.45, 2.75) is 9.88 Å². The molecule has 0 aromatic heterocycles. The molecule has 0 bridgehead atoms. The fourth-order valence-corrected chi connectivity index (χ4v) is 0. The second-order valence-corrected chi connectivity index (χ2v) is 14.9. The van der Waals surface area contributed by atoms with Crippen LogP contribution in [0.1, 0.15) is 0 Å². The van der Waals surface area contributed by atoms with Crippen molar-refractivity contribution in [3.63, 3.8) is 0 Å². The van der Waals surface area contributed by atoms with Crippen LogP contribution in [0.25, 0.3) is 0 Å². The van der Waals surface area contributed by atoms with Gasteiger partial charge in [0.25, 0.3) is 0 Å². The van der Waals surface area contributed by atoms with Gasteiger partial charge >= 0.3 is 36.3 Å². The molecule has 0 aliphatic carbocycles. The molecule has 2 radical (unpaired) electrons. The quantitative estimate of drug-likeness (QED) is 0.475. The van der Waals surface area contributed by atoms with E-state index in [-0.39, 0.29) is 21.1 Å². The summed E-state index contributed by atoms with van der Waals surface area (Å²) in [7, 11) is 0. The Labute approximate surface area is 79.9 Å². The SMILES string of the molecule is Cl[Si](Cl)(Cl)Cl.[CH3][Sn][CH3]. The average Bonchev–Trinajstić information content (AvgIpc) is 1.27. The first kappa shape index (κ1) is 12.8. The van der Waals surface area contributed by atoms with E-state index in [1.165, 1.54) is 0 Å². The number of rotatable bonds is 0. The van der Waals surface area contributed by atoms with Gasteiger partial charge in [0.15, 0.2) is 0 Å². The van der Waals surface area contributed by atoms with Crippen molar-refractivity contribution in [3.05, 3.63) is 0 Å². The Morgan fingerprint density at radius 3 is 1.00 bits per heavy atom. The summed E-state index contributed by atoms with van der Waals surface area (Å²) in [4.78, 5) is 4.59. The molecule has 0 fully saturated rings. The predicted molar refractivity (Wildman–Crippen MR) is 46.6 cm³/mol. The van der Waals surface area contributed by atoms with Crippen LogP contribution in [0.5, 0.6) is 0 Å². The van der Waals surface area contributed by atoms with Crippen LogP contribution >= 0.6 is 44.3 Å². The summed E-state index contributed by atoms with van der Waals surface area (Å²) in [6.07, 6.45) is 0. The van der Waals surface area contributed by atoms with Gasteiger partial charge < -0.3 is 0 Å². The fraction of sp³-hybridized carbons (Fsp3) is 1.00. The Morgan fingerprint density at radius 2 is 1.00 bits per heavy atom. The molecule has 0 saturated heterocycles. The zero-order chi connectivity index (χ0) is 7.21. The van der Waals surface area contributed by atoms with E-state index in [1.54, 1.807) is 0 Å². The first-order chi connectivity index (χ1) is 3.41. The molecule has 8 heavy (non-hydrogen) atoms. The summed E-state index contributed by atoms with van der Waals surface area (Å²) in [5.41, 5.74) is 0. The van der Waals surface area contributed by atoms with Crippen LogP contribution in [0.4, 0.5) is 0 Å². The second kappa shape index (κ2) is 7.28. The maximum atomic E-state index is 4.97. The van der Waals surface area contributed by atoms with Gasteiger partial charge in [-0.1, -0.05) is 0 Å². The van der Waals surface area contributed by atoms with Crippen LogP contribution in [-0.4, -0.2) is 26.5 Å². The molecule has 0 N–H and O–H groups in total. The standard InChI is InChI=1S/2CH3.Cl4Si.Sn/c;;1-5(2,3)4;/h2*1H3;;. The van der Waals surface area contributed by atoms with Crippen LogP contribution in [0.3, 0.4) is 0 Å². The molecule has 6 heteroatoms. The molecule has 0 heterocycles. The average molecular weight is 319 g/mol. The van der Waals surface area contributed by atoms with Crippen molar-refractivity contribution in [2.24, 2.45) is 0 Å². The van der Waals surface area contributed by atoms with Gasteiger partial charge in [0.2, 0.25) is 0 Å².